The third-order valence-corrected chi connectivity index (χ3v) is 3.06. The first-order valence-corrected chi connectivity index (χ1v) is 7.30. The third-order valence-electron chi connectivity index (χ3n) is 2.84. The van der Waals surface area contributed by atoms with Crippen LogP contribution in [0.3, 0.4) is 0 Å². The van der Waals surface area contributed by atoms with Gasteiger partial charge in [0.25, 0.3) is 5.91 Å². The highest BCUT2D eigenvalue weighted by molar-refractivity contribution is 7.80. The minimum Gasteiger partial charge on any atom is -0.483 e. The van der Waals surface area contributed by atoms with Crippen molar-refractivity contribution in [1.29, 1.82) is 0 Å². The lowest BCUT2D eigenvalue weighted by Gasteiger charge is -2.21. The van der Waals surface area contributed by atoms with Crippen LogP contribution in [0.5, 0.6) is 5.75 Å². The molecule has 0 radical (unpaired) electrons. The fraction of sp³-hybridized carbons (Fsp3) is 0.467. The summed E-state index contributed by atoms with van der Waals surface area (Å²) in [5.74, 6) is 0.549. The lowest BCUT2D eigenvalue weighted by molar-refractivity contribution is -0.133. The summed E-state index contributed by atoms with van der Waals surface area (Å²) in [5.41, 5.74) is 6.29. The Morgan fingerprint density at radius 2 is 1.85 bits per heavy atom. The molecule has 0 fully saturated rings. The number of ether oxygens (including phenoxy) is 1. The number of thiocarbonyl (C=S) groups is 1. The van der Waals surface area contributed by atoms with E-state index >= 15 is 0 Å². The zero-order chi connectivity index (χ0) is 15.0. The van der Waals surface area contributed by atoms with Gasteiger partial charge in [0.05, 0.1) is 5.56 Å². The van der Waals surface area contributed by atoms with Crippen molar-refractivity contribution >= 4 is 23.1 Å². The van der Waals surface area contributed by atoms with Crippen LogP contribution in [0.1, 0.15) is 32.3 Å². The Bertz CT molecular complexity index is 457. The fourth-order valence-electron chi connectivity index (χ4n) is 1.93. The van der Waals surface area contributed by atoms with Gasteiger partial charge in [0, 0.05) is 13.1 Å². The van der Waals surface area contributed by atoms with Crippen LogP contribution in [0, 0.1) is 0 Å². The van der Waals surface area contributed by atoms with Crippen LogP contribution < -0.4 is 10.5 Å². The smallest absolute Gasteiger partial charge is 0.260 e. The number of hydrogen-bond donors (Lipinski definition) is 1. The van der Waals surface area contributed by atoms with E-state index in [1.165, 1.54) is 0 Å². The average Bonchev–Trinajstić information content (AvgIpc) is 2.44. The van der Waals surface area contributed by atoms with E-state index in [2.05, 4.69) is 13.8 Å². The maximum atomic E-state index is 12.1. The molecular formula is C15H22N2O2S. The molecule has 20 heavy (non-hydrogen) atoms. The summed E-state index contributed by atoms with van der Waals surface area (Å²) in [5, 5.41) is 0. The molecule has 110 valence electrons. The van der Waals surface area contributed by atoms with Crippen LogP contribution in [-0.4, -0.2) is 35.5 Å². The summed E-state index contributed by atoms with van der Waals surface area (Å²) in [6.45, 7) is 5.64. The number of carbonyl (C=O) groups is 1. The van der Waals surface area contributed by atoms with E-state index in [4.69, 9.17) is 22.7 Å². The topological polar surface area (TPSA) is 55.6 Å². The van der Waals surface area contributed by atoms with E-state index < -0.39 is 0 Å². The van der Waals surface area contributed by atoms with E-state index in [0.29, 0.717) is 11.3 Å². The zero-order valence-corrected chi connectivity index (χ0v) is 12.9. The van der Waals surface area contributed by atoms with E-state index in [1.54, 1.807) is 12.1 Å². The lowest BCUT2D eigenvalue weighted by Crippen LogP contribution is -2.36. The largest absolute Gasteiger partial charge is 0.483 e. The highest BCUT2D eigenvalue weighted by Crippen LogP contribution is 2.17. The molecule has 0 bridgehead atoms. The van der Waals surface area contributed by atoms with Crippen molar-refractivity contribution in [3.8, 4) is 5.75 Å². The van der Waals surface area contributed by atoms with Crippen LogP contribution in [0.2, 0.25) is 0 Å². The first-order chi connectivity index (χ1) is 9.60. The van der Waals surface area contributed by atoms with Gasteiger partial charge in [0.15, 0.2) is 6.61 Å². The van der Waals surface area contributed by atoms with Crippen LogP contribution in [0.25, 0.3) is 0 Å². The number of nitrogens with zero attached hydrogens (tertiary/aromatic N) is 1. The molecule has 2 N–H and O–H groups in total. The standard InChI is InChI=1S/C15H22N2O2S/c1-3-9-17(10-4-2)14(18)11-19-13-8-6-5-7-12(13)15(16)20/h5-8H,3-4,9-11H2,1-2H3,(H2,16,20). The average molecular weight is 294 g/mol. The third kappa shape index (κ3) is 4.81. The second-order valence-corrected chi connectivity index (χ2v) is 4.97. The van der Waals surface area contributed by atoms with Crippen molar-refractivity contribution in [2.45, 2.75) is 26.7 Å². The van der Waals surface area contributed by atoms with Gasteiger partial charge >= 0.3 is 0 Å². The Balaban J connectivity index is 2.66. The molecular weight excluding hydrogens is 272 g/mol. The van der Waals surface area contributed by atoms with E-state index in [9.17, 15) is 4.79 Å². The van der Waals surface area contributed by atoms with Crippen molar-refractivity contribution in [1.82, 2.24) is 4.90 Å². The summed E-state index contributed by atoms with van der Waals surface area (Å²) in [6, 6.07) is 7.23. The van der Waals surface area contributed by atoms with Crippen molar-refractivity contribution in [2.24, 2.45) is 5.73 Å². The summed E-state index contributed by atoms with van der Waals surface area (Å²) in [6.07, 6.45) is 1.88. The molecule has 0 saturated heterocycles. The molecule has 1 amide bonds. The Kier molecular flexibility index (Phi) is 7.01. The molecule has 5 heteroatoms. The monoisotopic (exact) mass is 294 g/mol. The van der Waals surface area contributed by atoms with Gasteiger partial charge in [-0.1, -0.05) is 38.2 Å². The van der Waals surface area contributed by atoms with Crippen molar-refractivity contribution in [3.63, 3.8) is 0 Å². The van der Waals surface area contributed by atoms with Gasteiger partial charge in [-0.25, -0.2) is 0 Å². The molecule has 4 nitrogen and oxygen atoms in total. The number of para-hydroxylation sites is 1. The molecule has 0 spiro atoms. The number of carbonyl (C=O) groups excluding carboxylic acids is 1. The maximum Gasteiger partial charge on any atom is 0.260 e. The molecule has 1 aromatic rings. The molecule has 0 atom stereocenters. The van der Waals surface area contributed by atoms with Gasteiger partial charge in [-0.05, 0) is 25.0 Å². The quantitative estimate of drug-likeness (QED) is 0.748. The SMILES string of the molecule is CCCN(CCC)C(=O)COc1ccccc1C(N)=S. The minimum atomic E-state index is -0.00792. The van der Waals surface area contributed by atoms with Gasteiger partial charge < -0.3 is 15.4 Å². The Labute approximate surface area is 125 Å². The van der Waals surface area contributed by atoms with Gasteiger partial charge in [-0.2, -0.15) is 0 Å². The van der Waals surface area contributed by atoms with Crippen LogP contribution in [0.15, 0.2) is 24.3 Å². The number of hydrogen-bond acceptors (Lipinski definition) is 3. The zero-order valence-electron chi connectivity index (χ0n) is 12.1. The molecule has 1 aromatic carbocycles. The number of benzene rings is 1. The first kappa shape index (κ1) is 16.4. The van der Waals surface area contributed by atoms with Crippen LogP contribution in [0.4, 0.5) is 0 Å². The van der Waals surface area contributed by atoms with E-state index in [-0.39, 0.29) is 17.5 Å². The molecule has 1 rings (SSSR count). The molecule has 0 saturated carbocycles. The molecule has 0 aliphatic heterocycles. The lowest BCUT2D eigenvalue weighted by atomic mass is 10.2. The summed E-state index contributed by atoms with van der Waals surface area (Å²) in [4.78, 5) is 14.2. The number of amides is 1. The summed E-state index contributed by atoms with van der Waals surface area (Å²) < 4.78 is 5.58. The van der Waals surface area contributed by atoms with E-state index in [0.717, 1.165) is 25.9 Å². The Morgan fingerprint density at radius 3 is 2.40 bits per heavy atom. The van der Waals surface area contributed by atoms with Crippen LogP contribution >= 0.6 is 12.2 Å². The van der Waals surface area contributed by atoms with E-state index in [1.807, 2.05) is 17.0 Å². The normalized spacial score (nSPS) is 10.1. The van der Waals surface area contributed by atoms with Gasteiger partial charge in [0.1, 0.15) is 10.7 Å². The molecule has 0 aliphatic carbocycles. The van der Waals surface area contributed by atoms with Crippen molar-refractivity contribution in [3.05, 3.63) is 29.8 Å². The Morgan fingerprint density at radius 1 is 1.25 bits per heavy atom. The van der Waals surface area contributed by atoms with Crippen molar-refractivity contribution in [2.75, 3.05) is 19.7 Å². The fourth-order valence-corrected chi connectivity index (χ4v) is 2.10. The maximum absolute atomic E-state index is 12.1. The highest BCUT2D eigenvalue weighted by atomic mass is 32.1. The van der Waals surface area contributed by atoms with Crippen LogP contribution in [-0.2, 0) is 4.79 Å². The minimum absolute atomic E-state index is 0.00792. The molecule has 0 unspecified atom stereocenters. The summed E-state index contributed by atoms with van der Waals surface area (Å²) >= 11 is 4.97. The van der Waals surface area contributed by atoms with Gasteiger partial charge in [-0.3, -0.25) is 4.79 Å². The molecule has 0 heterocycles. The number of nitrogens with two attached hydrogens (primary N) is 1. The molecule has 0 aromatic heterocycles. The Hall–Kier alpha value is -1.62. The predicted molar refractivity (Wildman–Crippen MR) is 85.0 cm³/mol. The van der Waals surface area contributed by atoms with Crippen molar-refractivity contribution < 1.29 is 9.53 Å². The number of rotatable bonds is 8. The second-order valence-electron chi connectivity index (χ2n) is 4.53. The van der Waals surface area contributed by atoms with Gasteiger partial charge in [0.2, 0.25) is 0 Å². The first-order valence-electron chi connectivity index (χ1n) is 6.89. The summed E-state index contributed by atoms with van der Waals surface area (Å²) in [7, 11) is 0. The molecule has 0 aliphatic rings. The van der Waals surface area contributed by atoms with Gasteiger partial charge in [-0.15, -0.1) is 0 Å². The predicted octanol–water partition coefficient (Wildman–Crippen LogP) is 2.35. The highest BCUT2D eigenvalue weighted by Gasteiger charge is 2.13. The second kappa shape index (κ2) is 8.53.